The van der Waals surface area contributed by atoms with Crippen molar-refractivity contribution in [2.24, 2.45) is 0 Å². The van der Waals surface area contributed by atoms with Gasteiger partial charge in [0, 0.05) is 15.5 Å². The molecule has 0 spiro atoms. The van der Waals surface area contributed by atoms with E-state index in [0.717, 1.165) is 9.86 Å². The van der Waals surface area contributed by atoms with Crippen LogP contribution in [0.25, 0.3) is 11.0 Å². The maximum Gasteiger partial charge on any atom is 0.291 e. The van der Waals surface area contributed by atoms with Crippen LogP contribution in [0.4, 0.5) is 5.69 Å². The van der Waals surface area contributed by atoms with E-state index in [0.29, 0.717) is 21.3 Å². The summed E-state index contributed by atoms with van der Waals surface area (Å²) in [6.45, 7) is 0. The van der Waals surface area contributed by atoms with Gasteiger partial charge >= 0.3 is 0 Å². The Bertz CT molecular complexity index is 845. The first-order valence-electron chi connectivity index (χ1n) is 5.98. The summed E-state index contributed by atoms with van der Waals surface area (Å²) >= 11 is 15.1. The molecular formula is C15H8BrCl2NO2. The predicted molar refractivity (Wildman–Crippen MR) is 88.3 cm³/mol. The second-order valence-electron chi connectivity index (χ2n) is 4.38. The largest absolute Gasteiger partial charge is 0.451 e. The molecule has 0 aliphatic rings. The number of carbonyl (C=O) groups excluding carboxylic acids is 1. The van der Waals surface area contributed by atoms with Crippen LogP contribution >= 0.6 is 39.1 Å². The topological polar surface area (TPSA) is 42.2 Å². The Labute approximate surface area is 139 Å². The molecule has 0 saturated heterocycles. The summed E-state index contributed by atoms with van der Waals surface area (Å²) in [5, 5.41) is 4.38. The maximum atomic E-state index is 12.2. The second kappa shape index (κ2) is 5.72. The number of fused-ring (bicyclic) bond motifs is 1. The van der Waals surface area contributed by atoms with Crippen LogP contribution in [0.1, 0.15) is 10.6 Å². The summed E-state index contributed by atoms with van der Waals surface area (Å²) < 4.78 is 6.44. The van der Waals surface area contributed by atoms with Crippen LogP contribution in [-0.2, 0) is 0 Å². The molecule has 3 nitrogen and oxygen atoms in total. The van der Waals surface area contributed by atoms with Crippen molar-refractivity contribution in [1.29, 1.82) is 0 Å². The molecule has 0 atom stereocenters. The Kier molecular flexibility index (Phi) is 3.93. The molecule has 1 amide bonds. The number of hydrogen-bond acceptors (Lipinski definition) is 2. The van der Waals surface area contributed by atoms with E-state index < -0.39 is 0 Å². The molecule has 0 aliphatic carbocycles. The molecule has 0 radical (unpaired) electrons. The zero-order chi connectivity index (χ0) is 15.0. The molecule has 1 N–H and O–H groups in total. The minimum atomic E-state index is -0.347. The molecule has 0 fully saturated rings. The van der Waals surface area contributed by atoms with Crippen molar-refractivity contribution in [1.82, 2.24) is 0 Å². The number of amides is 1. The van der Waals surface area contributed by atoms with Crippen LogP contribution in [0.3, 0.4) is 0 Å². The van der Waals surface area contributed by atoms with Gasteiger partial charge in [0.1, 0.15) is 5.58 Å². The quantitative estimate of drug-likeness (QED) is 0.610. The fourth-order valence-electron chi connectivity index (χ4n) is 1.89. The molecule has 3 aromatic rings. The van der Waals surface area contributed by atoms with Gasteiger partial charge < -0.3 is 9.73 Å². The lowest BCUT2D eigenvalue weighted by Crippen LogP contribution is -2.10. The lowest BCUT2D eigenvalue weighted by Gasteiger charge is -2.04. The monoisotopic (exact) mass is 383 g/mol. The summed E-state index contributed by atoms with van der Waals surface area (Å²) in [5.41, 5.74) is 1.20. The highest BCUT2D eigenvalue weighted by Gasteiger charge is 2.13. The van der Waals surface area contributed by atoms with Gasteiger partial charge in [-0.1, -0.05) is 39.1 Å². The SMILES string of the molecule is O=C(Nc1ccc(Cl)c(Cl)c1)c1cc2cc(Br)ccc2o1. The first-order valence-corrected chi connectivity index (χ1v) is 7.53. The van der Waals surface area contributed by atoms with E-state index in [1.54, 1.807) is 30.3 Å². The Morgan fingerprint density at radius 3 is 2.62 bits per heavy atom. The number of carbonyl (C=O) groups is 1. The van der Waals surface area contributed by atoms with Crippen molar-refractivity contribution in [3.05, 3.63) is 62.7 Å². The van der Waals surface area contributed by atoms with Crippen molar-refractivity contribution in [2.45, 2.75) is 0 Å². The van der Waals surface area contributed by atoms with Gasteiger partial charge in [0.15, 0.2) is 5.76 Å². The van der Waals surface area contributed by atoms with E-state index in [9.17, 15) is 4.79 Å². The smallest absolute Gasteiger partial charge is 0.291 e. The fourth-order valence-corrected chi connectivity index (χ4v) is 2.57. The van der Waals surface area contributed by atoms with Crippen LogP contribution < -0.4 is 5.32 Å². The van der Waals surface area contributed by atoms with E-state index >= 15 is 0 Å². The molecule has 0 bridgehead atoms. The fraction of sp³-hybridized carbons (Fsp3) is 0. The zero-order valence-corrected chi connectivity index (χ0v) is 13.6. The normalized spacial score (nSPS) is 10.8. The van der Waals surface area contributed by atoms with Crippen LogP contribution in [-0.4, -0.2) is 5.91 Å². The minimum absolute atomic E-state index is 0.231. The Morgan fingerprint density at radius 1 is 1.05 bits per heavy atom. The first kappa shape index (κ1) is 14.4. The average Bonchev–Trinajstić information content (AvgIpc) is 2.86. The third-order valence-electron chi connectivity index (χ3n) is 2.88. The van der Waals surface area contributed by atoms with Crippen LogP contribution in [0, 0.1) is 0 Å². The molecule has 3 rings (SSSR count). The molecule has 0 unspecified atom stereocenters. The average molecular weight is 385 g/mol. The molecule has 1 aromatic heterocycles. The van der Waals surface area contributed by atoms with Crippen molar-refractivity contribution >= 4 is 61.7 Å². The van der Waals surface area contributed by atoms with Crippen molar-refractivity contribution in [2.75, 3.05) is 5.32 Å². The first-order chi connectivity index (χ1) is 10.0. The third kappa shape index (κ3) is 3.07. The Morgan fingerprint density at radius 2 is 1.86 bits per heavy atom. The van der Waals surface area contributed by atoms with Gasteiger partial charge in [-0.15, -0.1) is 0 Å². The molecule has 2 aromatic carbocycles. The van der Waals surface area contributed by atoms with E-state index in [2.05, 4.69) is 21.2 Å². The van der Waals surface area contributed by atoms with Gasteiger partial charge in [0.05, 0.1) is 10.0 Å². The third-order valence-corrected chi connectivity index (χ3v) is 4.11. The molecule has 0 saturated carbocycles. The molecule has 6 heteroatoms. The number of rotatable bonds is 2. The van der Waals surface area contributed by atoms with Gasteiger partial charge in [0.25, 0.3) is 5.91 Å². The molecule has 0 aliphatic heterocycles. The van der Waals surface area contributed by atoms with Gasteiger partial charge in [-0.2, -0.15) is 0 Å². The molecular weight excluding hydrogens is 377 g/mol. The Hall–Kier alpha value is -1.49. The highest BCUT2D eigenvalue weighted by molar-refractivity contribution is 9.10. The summed E-state index contributed by atoms with van der Waals surface area (Å²) in [6.07, 6.45) is 0. The number of benzene rings is 2. The summed E-state index contributed by atoms with van der Waals surface area (Å²) in [6, 6.07) is 12.1. The maximum absolute atomic E-state index is 12.2. The van der Waals surface area contributed by atoms with E-state index in [-0.39, 0.29) is 11.7 Å². The Balaban J connectivity index is 1.87. The highest BCUT2D eigenvalue weighted by Crippen LogP contribution is 2.27. The van der Waals surface area contributed by atoms with Crippen molar-refractivity contribution in [3.8, 4) is 0 Å². The van der Waals surface area contributed by atoms with Crippen molar-refractivity contribution < 1.29 is 9.21 Å². The number of nitrogens with one attached hydrogen (secondary N) is 1. The number of furan rings is 1. The summed E-state index contributed by atoms with van der Waals surface area (Å²) in [4.78, 5) is 12.2. The van der Waals surface area contributed by atoms with Gasteiger partial charge in [-0.05, 0) is 42.5 Å². The van der Waals surface area contributed by atoms with Crippen LogP contribution in [0.2, 0.25) is 10.0 Å². The molecule has 21 heavy (non-hydrogen) atoms. The number of halogens is 3. The second-order valence-corrected chi connectivity index (χ2v) is 6.11. The zero-order valence-electron chi connectivity index (χ0n) is 10.5. The highest BCUT2D eigenvalue weighted by atomic mass is 79.9. The van der Waals surface area contributed by atoms with Gasteiger partial charge in [-0.3, -0.25) is 4.79 Å². The standard InChI is InChI=1S/C15H8BrCl2NO2/c16-9-1-4-13-8(5-9)6-14(21-13)15(20)19-10-2-3-11(17)12(18)7-10/h1-7H,(H,19,20). The van der Waals surface area contributed by atoms with Crippen LogP contribution in [0.5, 0.6) is 0 Å². The molecule has 106 valence electrons. The summed E-state index contributed by atoms with van der Waals surface area (Å²) in [7, 11) is 0. The van der Waals surface area contributed by atoms with E-state index in [1.807, 2.05) is 12.1 Å². The van der Waals surface area contributed by atoms with Crippen molar-refractivity contribution in [3.63, 3.8) is 0 Å². The van der Waals surface area contributed by atoms with E-state index in [4.69, 9.17) is 27.6 Å². The van der Waals surface area contributed by atoms with Gasteiger partial charge in [0.2, 0.25) is 0 Å². The van der Waals surface area contributed by atoms with Crippen LogP contribution in [0.15, 0.2) is 51.4 Å². The van der Waals surface area contributed by atoms with E-state index in [1.165, 1.54) is 0 Å². The lowest BCUT2D eigenvalue weighted by atomic mass is 10.2. The summed E-state index contributed by atoms with van der Waals surface area (Å²) in [5.74, 6) is -0.116. The molecule has 1 heterocycles. The number of hydrogen-bond donors (Lipinski definition) is 1. The number of anilines is 1. The van der Waals surface area contributed by atoms with Gasteiger partial charge in [-0.25, -0.2) is 0 Å². The lowest BCUT2D eigenvalue weighted by molar-refractivity contribution is 0.0998. The predicted octanol–water partition coefficient (Wildman–Crippen LogP) is 5.75. The minimum Gasteiger partial charge on any atom is -0.451 e.